The summed E-state index contributed by atoms with van der Waals surface area (Å²) in [6.45, 7) is 1.71. The van der Waals surface area contributed by atoms with Crippen molar-refractivity contribution in [3.8, 4) is 0 Å². The third-order valence-electron chi connectivity index (χ3n) is 3.00. The van der Waals surface area contributed by atoms with Crippen molar-refractivity contribution < 1.29 is 13.6 Å². The minimum absolute atomic E-state index is 0.131. The molecule has 2 aromatic carbocycles. The lowest BCUT2D eigenvalue weighted by molar-refractivity contribution is -0.115. The highest BCUT2D eigenvalue weighted by atomic mass is 79.9. The molecule has 2 nitrogen and oxygen atoms in total. The smallest absolute Gasteiger partial charge is 0.237 e. The second-order valence-corrected chi connectivity index (χ2v) is 6.90. The highest BCUT2D eigenvalue weighted by Crippen LogP contribution is 2.23. The van der Waals surface area contributed by atoms with E-state index in [1.165, 1.54) is 30.0 Å². The van der Waals surface area contributed by atoms with Gasteiger partial charge in [0.05, 0.1) is 10.9 Å². The van der Waals surface area contributed by atoms with Gasteiger partial charge in [-0.25, -0.2) is 8.78 Å². The number of thioether (sulfide) groups is 1. The van der Waals surface area contributed by atoms with Gasteiger partial charge in [-0.3, -0.25) is 4.79 Å². The van der Waals surface area contributed by atoms with E-state index >= 15 is 0 Å². The average molecular weight is 386 g/mol. The lowest BCUT2D eigenvalue weighted by Crippen LogP contribution is -2.23. The molecule has 0 spiro atoms. The Bertz CT molecular complexity index is 681. The van der Waals surface area contributed by atoms with E-state index in [0.29, 0.717) is 15.8 Å². The number of carbonyl (C=O) groups is 1. The first-order valence-electron chi connectivity index (χ1n) is 6.58. The fraction of sp³-hybridized carbons (Fsp3) is 0.188. The first kappa shape index (κ1) is 17.0. The zero-order valence-electron chi connectivity index (χ0n) is 11.8. The van der Waals surface area contributed by atoms with Crippen LogP contribution in [0.5, 0.6) is 0 Å². The van der Waals surface area contributed by atoms with Crippen molar-refractivity contribution in [1.82, 2.24) is 0 Å². The van der Waals surface area contributed by atoms with Gasteiger partial charge in [0.1, 0.15) is 11.6 Å². The molecule has 1 N–H and O–H groups in total. The molecule has 1 atom stereocenters. The van der Waals surface area contributed by atoms with Crippen LogP contribution in [0.1, 0.15) is 12.5 Å². The minimum atomic E-state index is -0.506. The molecule has 0 bridgehead atoms. The lowest BCUT2D eigenvalue weighted by Gasteiger charge is -2.13. The molecule has 116 valence electrons. The van der Waals surface area contributed by atoms with Gasteiger partial charge in [-0.1, -0.05) is 34.1 Å². The summed E-state index contributed by atoms with van der Waals surface area (Å²) in [5.74, 6) is -0.734. The van der Waals surface area contributed by atoms with Crippen LogP contribution in [-0.4, -0.2) is 11.2 Å². The zero-order valence-corrected chi connectivity index (χ0v) is 14.2. The maximum Gasteiger partial charge on any atom is 0.237 e. The van der Waals surface area contributed by atoms with Gasteiger partial charge in [-0.05, 0) is 36.8 Å². The summed E-state index contributed by atoms with van der Waals surface area (Å²) in [6, 6.07) is 10.9. The van der Waals surface area contributed by atoms with Gasteiger partial charge < -0.3 is 5.32 Å². The molecule has 0 saturated carbocycles. The first-order valence-corrected chi connectivity index (χ1v) is 8.42. The molecule has 1 unspecified atom stereocenters. The standard InChI is InChI=1S/C16H14BrF2NOS/c1-10(22-9-11-4-2-3-5-13(11)18)16(21)20-15-7-6-12(17)8-14(15)19/h2-8,10H,9H2,1H3,(H,20,21). The Kier molecular flexibility index (Phi) is 5.97. The molecular weight excluding hydrogens is 372 g/mol. The van der Waals surface area contributed by atoms with E-state index in [1.54, 1.807) is 31.2 Å². The number of halogens is 3. The monoisotopic (exact) mass is 385 g/mol. The van der Waals surface area contributed by atoms with Crippen LogP contribution in [0.2, 0.25) is 0 Å². The van der Waals surface area contributed by atoms with Crippen molar-refractivity contribution in [2.45, 2.75) is 17.9 Å². The Balaban J connectivity index is 1.93. The van der Waals surface area contributed by atoms with Crippen LogP contribution in [0.15, 0.2) is 46.9 Å². The van der Waals surface area contributed by atoms with Crippen molar-refractivity contribution in [2.24, 2.45) is 0 Å². The van der Waals surface area contributed by atoms with Crippen LogP contribution < -0.4 is 5.32 Å². The maximum atomic E-state index is 13.7. The van der Waals surface area contributed by atoms with Gasteiger partial charge >= 0.3 is 0 Å². The number of hydrogen-bond donors (Lipinski definition) is 1. The predicted molar refractivity (Wildman–Crippen MR) is 89.9 cm³/mol. The van der Waals surface area contributed by atoms with Crippen molar-refractivity contribution in [1.29, 1.82) is 0 Å². The average Bonchev–Trinajstić information content (AvgIpc) is 2.49. The fourth-order valence-corrected chi connectivity index (χ4v) is 2.94. The molecular formula is C16H14BrF2NOS. The quantitative estimate of drug-likeness (QED) is 0.785. The van der Waals surface area contributed by atoms with Gasteiger partial charge in [0.25, 0.3) is 0 Å². The highest BCUT2D eigenvalue weighted by Gasteiger charge is 2.16. The summed E-state index contributed by atoms with van der Waals surface area (Å²) in [5, 5.41) is 2.11. The van der Waals surface area contributed by atoms with Crippen molar-refractivity contribution in [3.63, 3.8) is 0 Å². The summed E-state index contributed by atoms with van der Waals surface area (Å²) in [4.78, 5) is 12.1. The Morgan fingerprint density at radius 1 is 1.23 bits per heavy atom. The molecule has 1 amide bonds. The number of carbonyl (C=O) groups excluding carboxylic acids is 1. The Morgan fingerprint density at radius 3 is 2.64 bits per heavy atom. The van der Waals surface area contributed by atoms with E-state index in [1.807, 2.05) is 0 Å². The molecule has 0 aliphatic carbocycles. The number of hydrogen-bond acceptors (Lipinski definition) is 2. The molecule has 2 aromatic rings. The molecule has 0 aliphatic heterocycles. The van der Waals surface area contributed by atoms with E-state index in [4.69, 9.17) is 0 Å². The summed E-state index contributed by atoms with van der Waals surface area (Å²) in [6.07, 6.45) is 0. The van der Waals surface area contributed by atoms with E-state index in [9.17, 15) is 13.6 Å². The molecule has 0 heterocycles. The number of nitrogens with one attached hydrogen (secondary N) is 1. The Hall–Kier alpha value is -1.40. The number of rotatable bonds is 5. The van der Waals surface area contributed by atoms with Gasteiger partial charge in [0.2, 0.25) is 5.91 Å². The third-order valence-corrected chi connectivity index (χ3v) is 4.69. The van der Waals surface area contributed by atoms with Gasteiger partial charge in [-0.2, -0.15) is 0 Å². The fourth-order valence-electron chi connectivity index (χ4n) is 1.73. The SMILES string of the molecule is CC(SCc1ccccc1F)C(=O)Nc1ccc(Br)cc1F. The van der Waals surface area contributed by atoms with Crippen molar-refractivity contribution >= 4 is 39.3 Å². The Labute approximate surface area is 140 Å². The molecule has 0 fully saturated rings. The van der Waals surface area contributed by atoms with Crippen molar-refractivity contribution in [2.75, 3.05) is 5.32 Å². The largest absolute Gasteiger partial charge is 0.323 e. The van der Waals surface area contributed by atoms with Crippen LogP contribution in [0, 0.1) is 11.6 Å². The van der Waals surface area contributed by atoms with E-state index in [-0.39, 0.29) is 17.4 Å². The van der Waals surface area contributed by atoms with Crippen molar-refractivity contribution in [3.05, 3.63) is 64.1 Å². The lowest BCUT2D eigenvalue weighted by atomic mass is 10.2. The Morgan fingerprint density at radius 2 is 1.95 bits per heavy atom. The van der Waals surface area contributed by atoms with Gasteiger partial charge in [0, 0.05) is 10.2 Å². The predicted octanol–water partition coefficient (Wildman–Crippen LogP) is 4.99. The summed E-state index contributed by atoms with van der Waals surface area (Å²) in [5.41, 5.74) is 0.675. The zero-order chi connectivity index (χ0) is 16.1. The van der Waals surface area contributed by atoms with Crippen LogP contribution in [0.3, 0.4) is 0 Å². The summed E-state index contributed by atoms with van der Waals surface area (Å²) in [7, 11) is 0. The molecule has 2 rings (SSSR count). The molecule has 6 heteroatoms. The molecule has 22 heavy (non-hydrogen) atoms. The van der Waals surface area contributed by atoms with E-state index < -0.39 is 11.1 Å². The van der Waals surface area contributed by atoms with Crippen LogP contribution in [0.4, 0.5) is 14.5 Å². The van der Waals surface area contributed by atoms with E-state index in [0.717, 1.165) is 0 Å². The summed E-state index contributed by atoms with van der Waals surface area (Å²) >= 11 is 4.45. The molecule has 0 radical (unpaired) electrons. The van der Waals surface area contributed by atoms with Gasteiger partial charge in [-0.15, -0.1) is 11.8 Å². The topological polar surface area (TPSA) is 29.1 Å². The number of anilines is 1. The third kappa shape index (κ3) is 4.55. The number of benzene rings is 2. The second-order valence-electron chi connectivity index (χ2n) is 4.66. The molecule has 0 aromatic heterocycles. The molecule has 0 aliphatic rings. The summed E-state index contributed by atoms with van der Waals surface area (Å²) < 4.78 is 27.8. The van der Waals surface area contributed by atoms with Crippen LogP contribution >= 0.6 is 27.7 Å². The second kappa shape index (κ2) is 7.74. The minimum Gasteiger partial charge on any atom is -0.323 e. The first-order chi connectivity index (χ1) is 10.5. The highest BCUT2D eigenvalue weighted by molar-refractivity contribution is 9.10. The van der Waals surface area contributed by atoms with Crippen LogP contribution in [0.25, 0.3) is 0 Å². The maximum absolute atomic E-state index is 13.7. The van der Waals surface area contributed by atoms with Gasteiger partial charge in [0.15, 0.2) is 0 Å². The normalized spacial score (nSPS) is 12.0. The number of amides is 1. The van der Waals surface area contributed by atoms with E-state index in [2.05, 4.69) is 21.2 Å². The van der Waals surface area contributed by atoms with Crippen LogP contribution in [-0.2, 0) is 10.5 Å². The molecule has 0 saturated heterocycles.